The lowest BCUT2D eigenvalue weighted by Gasteiger charge is -2.22. The van der Waals surface area contributed by atoms with Crippen LogP contribution < -0.4 is 11.1 Å². The van der Waals surface area contributed by atoms with Gasteiger partial charge in [0.25, 0.3) is 0 Å². The Hall–Kier alpha value is -1.10. The molecule has 5 heteroatoms. The zero-order valence-corrected chi connectivity index (χ0v) is 8.67. The van der Waals surface area contributed by atoms with Gasteiger partial charge in [0.2, 0.25) is 5.91 Å². The van der Waals surface area contributed by atoms with Gasteiger partial charge in [-0.2, -0.15) is 0 Å². The summed E-state index contributed by atoms with van der Waals surface area (Å²) in [6.45, 7) is 3.72. The number of nitrogens with one attached hydrogen (secondary N) is 1. The van der Waals surface area contributed by atoms with Gasteiger partial charge in [-0.25, -0.2) is 0 Å². The second-order valence-electron chi connectivity index (χ2n) is 3.57. The van der Waals surface area contributed by atoms with E-state index in [0.29, 0.717) is 6.42 Å². The SMILES string of the molecule is CCCC(C)(N)C(=O)NCCC(=O)O. The summed E-state index contributed by atoms with van der Waals surface area (Å²) >= 11 is 0. The number of aliphatic carboxylic acids is 1. The van der Waals surface area contributed by atoms with Gasteiger partial charge in [-0.1, -0.05) is 13.3 Å². The molecule has 0 spiro atoms. The Morgan fingerprint density at radius 3 is 2.50 bits per heavy atom. The number of amides is 1. The van der Waals surface area contributed by atoms with Gasteiger partial charge in [0.05, 0.1) is 12.0 Å². The van der Waals surface area contributed by atoms with Crippen LogP contribution in [0.25, 0.3) is 0 Å². The van der Waals surface area contributed by atoms with Crippen LogP contribution in [0.3, 0.4) is 0 Å². The highest BCUT2D eigenvalue weighted by molar-refractivity contribution is 5.85. The smallest absolute Gasteiger partial charge is 0.305 e. The van der Waals surface area contributed by atoms with Crippen LogP contribution in [0.1, 0.15) is 33.1 Å². The molecule has 4 N–H and O–H groups in total. The first-order valence-electron chi connectivity index (χ1n) is 4.69. The summed E-state index contributed by atoms with van der Waals surface area (Å²) in [4.78, 5) is 21.6. The molecular formula is C9H18N2O3. The second-order valence-corrected chi connectivity index (χ2v) is 3.57. The van der Waals surface area contributed by atoms with E-state index in [9.17, 15) is 9.59 Å². The Bertz CT molecular complexity index is 214. The molecule has 0 aromatic carbocycles. The third-order valence-corrected chi connectivity index (χ3v) is 1.91. The van der Waals surface area contributed by atoms with Crippen LogP contribution in [0.4, 0.5) is 0 Å². The van der Waals surface area contributed by atoms with E-state index in [0.717, 1.165) is 6.42 Å². The average molecular weight is 202 g/mol. The molecule has 0 aromatic heterocycles. The molecule has 0 aliphatic carbocycles. The molecule has 82 valence electrons. The molecule has 1 unspecified atom stereocenters. The van der Waals surface area contributed by atoms with E-state index in [1.54, 1.807) is 6.92 Å². The van der Waals surface area contributed by atoms with Crippen molar-refractivity contribution in [3.05, 3.63) is 0 Å². The van der Waals surface area contributed by atoms with Crippen molar-refractivity contribution < 1.29 is 14.7 Å². The fourth-order valence-electron chi connectivity index (χ4n) is 1.12. The van der Waals surface area contributed by atoms with Crippen molar-refractivity contribution in [3.8, 4) is 0 Å². The molecule has 0 heterocycles. The Morgan fingerprint density at radius 2 is 2.07 bits per heavy atom. The first-order chi connectivity index (χ1) is 6.40. The third kappa shape index (κ3) is 4.81. The lowest BCUT2D eigenvalue weighted by Crippen LogP contribution is -2.51. The first-order valence-corrected chi connectivity index (χ1v) is 4.69. The zero-order chi connectivity index (χ0) is 11.2. The molecule has 1 amide bonds. The molecule has 14 heavy (non-hydrogen) atoms. The molecule has 0 aliphatic rings. The molecule has 0 saturated carbocycles. The zero-order valence-electron chi connectivity index (χ0n) is 8.67. The number of carbonyl (C=O) groups excluding carboxylic acids is 1. The maximum Gasteiger partial charge on any atom is 0.305 e. The molecule has 0 rings (SSSR count). The molecule has 1 atom stereocenters. The minimum atomic E-state index is -0.931. The van der Waals surface area contributed by atoms with Crippen molar-refractivity contribution in [3.63, 3.8) is 0 Å². The normalized spacial score (nSPS) is 14.5. The Labute approximate surface area is 83.7 Å². The standard InChI is InChI=1S/C9H18N2O3/c1-3-5-9(2,10)8(14)11-6-4-7(12)13/h3-6,10H2,1-2H3,(H,11,14)(H,12,13). The van der Waals surface area contributed by atoms with Crippen LogP contribution in [0, 0.1) is 0 Å². The van der Waals surface area contributed by atoms with Crippen LogP contribution in [0.5, 0.6) is 0 Å². The number of carbonyl (C=O) groups is 2. The maximum atomic E-state index is 11.4. The summed E-state index contributed by atoms with van der Waals surface area (Å²) < 4.78 is 0. The summed E-state index contributed by atoms with van der Waals surface area (Å²) in [5.74, 6) is -1.22. The molecule has 0 radical (unpaired) electrons. The van der Waals surface area contributed by atoms with E-state index >= 15 is 0 Å². The lowest BCUT2D eigenvalue weighted by atomic mass is 9.96. The maximum absolute atomic E-state index is 11.4. The molecule has 0 aromatic rings. The monoisotopic (exact) mass is 202 g/mol. The predicted molar refractivity (Wildman–Crippen MR) is 52.8 cm³/mol. The van der Waals surface area contributed by atoms with Crippen molar-refractivity contribution in [2.45, 2.75) is 38.6 Å². The van der Waals surface area contributed by atoms with E-state index < -0.39 is 11.5 Å². The highest BCUT2D eigenvalue weighted by atomic mass is 16.4. The van der Waals surface area contributed by atoms with E-state index in [1.807, 2.05) is 6.92 Å². The van der Waals surface area contributed by atoms with E-state index in [2.05, 4.69) is 5.32 Å². The highest BCUT2D eigenvalue weighted by Crippen LogP contribution is 2.07. The van der Waals surface area contributed by atoms with Gasteiger partial charge in [0.15, 0.2) is 0 Å². The number of hydrogen-bond acceptors (Lipinski definition) is 3. The molecular weight excluding hydrogens is 184 g/mol. The van der Waals surface area contributed by atoms with Gasteiger partial charge < -0.3 is 16.2 Å². The Balaban J connectivity index is 3.88. The summed E-state index contributed by atoms with van der Waals surface area (Å²) in [6.07, 6.45) is 1.33. The van der Waals surface area contributed by atoms with Crippen molar-refractivity contribution in [1.29, 1.82) is 0 Å². The Kier molecular flexibility index (Phi) is 5.15. The predicted octanol–water partition coefficient (Wildman–Crippen LogP) is 0.0948. The number of nitrogens with two attached hydrogens (primary N) is 1. The quantitative estimate of drug-likeness (QED) is 0.569. The van der Waals surface area contributed by atoms with Gasteiger partial charge in [-0.3, -0.25) is 9.59 Å². The summed E-state index contributed by atoms with van der Waals surface area (Å²) in [7, 11) is 0. The summed E-state index contributed by atoms with van der Waals surface area (Å²) in [5, 5.41) is 10.8. The molecule has 5 nitrogen and oxygen atoms in total. The van der Waals surface area contributed by atoms with Crippen molar-refractivity contribution in [2.24, 2.45) is 5.73 Å². The van der Waals surface area contributed by atoms with Gasteiger partial charge in [-0.05, 0) is 13.3 Å². The summed E-state index contributed by atoms with van der Waals surface area (Å²) in [6, 6.07) is 0. The molecule has 0 bridgehead atoms. The van der Waals surface area contributed by atoms with Crippen LogP contribution in [0.2, 0.25) is 0 Å². The number of carboxylic acids is 1. The number of rotatable bonds is 6. The third-order valence-electron chi connectivity index (χ3n) is 1.91. The minimum Gasteiger partial charge on any atom is -0.481 e. The van der Waals surface area contributed by atoms with Crippen LogP contribution in [-0.2, 0) is 9.59 Å². The number of hydrogen-bond donors (Lipinski definition) is 3. The molecule has 0 aliphatic heterocycles. The topological polar surface area (TPSA) is 92.4 Å². The van der Waals surface area contributed by atoms with Crippen molar-refractivity contribution in [2.75, 3.05) is 6.54 Å². The molecule has 0 saturated heterocycles. The summed E-state index contributed by atoms with van der Waals surface area (Å²) in [5.41, 5.74) is 4.83. The van der Waals surface area contributed by atoms with Crippen molar-refractivity contribution >= 4 is 11.9 Å². The molecule has 0 fully saturated rings. The van der Waals surface area contributed by atoms with E-state index in [-0.39, 0.29) is 18.9 Å². The Morgan fingerprint density at radius 1 is 1.50 bits per heavy atom. The fraction of sp³-hybridized carbons (Fsp3) is 0.778. The van der Waals surface area contributed by atoms with Crippen molar-refractivity contribution in [1.82, 2.24) is 5.32 Å². The van der Waals surface area contributed by atoms with Crippen LogP contribution >= 0.6 is 0 Å². The second kappa shape index (κ2) is 5.59. The van der Waals surface area contributed by atoms with E-state index in [1.165, 1.54) is 0 Å². The van der Waals surface area contributed by atoms with Gasteiger partial charge in [-0.15, -0.1) is 0 Å². The lowest BCUT2D eigenvalue weighted by molar-refractivity contribution is -0.137. The largest absolute Gasteiger partial charge is 0.481 e. The minimum absolute atomic E-state index is 0.0755. The van der Waals surface area contributed by atoms with Crippen LogP contribution in [-0.4, -0.2) is 29.1 Å². The average Bonchev–Trinajstić information content (AvgIpc) is 2.03. The van der Waals surface area contributed by atoms with Gasteiger partial charge >= 0.3 is 5.97 Å². The number of carboxylic acid groups (broad SMARTS) is 1. The van der Waals surface area contributed by atoms with E-state index in [4.69, 9.17) is 10.8 Å². The van der Waals surface area contributed by atoms with Crippen LogP contribution in [0.15, 0.2) is 0 Å². The first kappa shape index (κ1) is 12.9. The fourth-order valence-corrected chi connectivity index (χ4v) is 1.12. The van der Waals surface area contributed by atoms with Gasteiger partial charge in [0, 0.05) is 6.54 Å². The highest BCUT2D eigenvalue weighted by Gasteiger charge is 2.26. The van der Waals surface area contributed by atoms with Gasteiger partial charge in [0.1, 0.15) is 0 Å².